The molecule has 0 aliphatic carbocycles. The summed E-state index contributed by atoms with van der Waals surface area (Å²) in [5, 5.41) is 19.0. The van der Waals surface area contributed by atoms with Crippen molar-refractivity contribution in [3.8, 4) is 5.75 Å². The van der Waals surface area contributed by atoms with Crippen LogP contribution in [0.25, 0.3) is 0 Å². The lowest BCUT2D eigenvalue weighted by Crippen LogP contribution is -2.02. The molecule has 4 nitrogen and oxygen atoms in total. The van der Waals surface area contributed by atoms with E-state index in [4.69, 9.17) is 15.3 Å². The van der Waals surface area contributed by atoms with E-state index < -0.39 is 5.97 Å². The van der Waals surface area contributed by atoms with Crippen molar-refractivity contribution in [1.29, 1.82) is 5.41 Å². The number of thiophene rings is 1. The van der Waals surface area contributed by atoms with Crippen molar-refractivity contribution in [3.05, 3.63) is 87.6 Å². The molecule has 3 rings (SSSR count). The van der Waals surface area contributed by atoms with E-state index in [1.54, 1.807) is 11.3 Å². The van der Waals surface area contributed by atoms with Gasteiger partial charge >= 0.3 is 5.97 Å². The molecule has 5 heteroatoms. The third-order valence-electron chi connectivity index (χ3n) is 3.94. The number of ether oxygens (including phenoxy) is 1. The Morgan fingerprint density at radius 1 is 1.04 bits per heavy atom. The van der Waals surface area contributed by atoms with Gasteiger partial charge in [0.2, 0.25) is 0 Å². The van der Waals surface area contributed by atoms with Gasteiger partial charge in [0.25, 0.3) is 0 Å². The van der Waals surface area contributed by atoms with Crippen LogP contribution in [-0.4, -0.2) is 16.8 Å². The lowest BCUT2D eigenvalue weighted by Gasteiger charge is -2.09. The molecule has 0 bridgehead atoms. The number of carboxylic acid groups (broad SMARTS) is 1. The van der Waals surface area contributed by atoms with E-state index in [-0.39, 0.29) is 6.42 Å². The Kier molecular flexibility index (Phi) is 5.81. The van der Waals surface area contributed by atoms with Crippen LogP contribution < -0.4 is 4.74 Å². The lowest BCUT2D eigenvalue weighted by molar-refractivity contribution is -0.136. The average molecular weight is 365 g/mol. The van der Waals surface area contributed by atoms with Gasteiger partial charge in [-0.3, -0.25) is 10.2 Å². The van der Waals surface area contributed by atoms with Crippen LogP contribution in [0.5, 0.6) is 5.75 Å². The highest BCUT2D eigenvalue weighted by atomic mass is 32.1. The van der Waals surface area contributed by atoms with Crippen LogP contribution in [0.3, 0.4) is 0 Å². The third kappa shape index (κ3) is 4.80. The number of carbonyl (C=O) groups is 1. The van der Waals surface area contributed by atoms with Gasteiger partial charge in [-0.15, -0.1) is 11.3 Å². The minimum absolute atomic E-state index is 0.128. The van der Waals surface area contributed by atoms with Crippen molar-refractivity contribution in [2.24, 2.45) is 0 Å². The summed E-state index contributed by atoms with van der Waals surface area (Å²) >= 11 is 1.56. The fraction of sp³-hybridized carbons (Fsp3) is 0.143. The molecule has 0 amide bonds. The van der Waals surface area contributed by atoms with Gasteiger partial charge in [0.15, 0.2) is 0 Å². The average Bonchev–Trinajstić information content (AvgIpc) is 3.20. The molecule has 0 atom stereocenters. The van der Waals surface area contributed by atoms with Gasteiger partial charge in [-0.2, -0.15) is 0 Å². The molecule has 132 valence electrons. The summed E-state index contributed by atoms with van der Waals surface area (Å²) < 4.78 is 5.81. The Balaban J connectivity index is 1.60. The van der Waals surface area contributed by atoms with E-state index >= 15 is 0 Å². The van der Waals surface area contributed by atoms with E-state index in [0.717, 1.165) is 27.3 Å². The van der Waals surface area contributed by atoms with Crippen molar-refractivity contribution >= 4 is 23.0 Å². The van der Waals surface area contributed by atoms with E-state index in [1.807, 2.05) is 66.0 Å². The standard InChI is InChI=1S/C21H19NO3S/c22-21(19-5-2-12-26-19)17-4-1-3-16(13-17)14-25-18-9-6-15(7-10-18)8-11-20(23)24/h1-7,9-10,12-13,22H,8,11,14H2,(H,23,24). The van der Waals surface area contributed by atoms with Crippen molar-refractivity contribution in [1.82, 2.24) is 0 Å². The molecule has 2 aromatic carbocycles. The lowest BCUT2D eigenvalue weighted by atomic mass is 10.1. The zero-order valence-electron chi connectivity index (χ0n) is 14.1. The molecule has 0 saturated carbocycles. The van der Waals surface area contributed by atoms with Crippen molar-refractivity contribution in [2.45, 2.75) is 19.4 Å². The van der Waals surface area contributed by atoms with E-state index in [1.165, 1.54) is 0 Å². The molecule has 0 fully saturated rings. The maximum atomic E-state index is 10.6. The van der Waals surface area contributed by atoms with Gasteiger partial charge in [-0.05, 0) is 47.2 Å². The first-order valence-corrected chi connectivity index (χ1v) is 9.15. The summed E-state index contributed by atoms with van der Waals surface area (Å²) in [7, 11) is 0. The van der Waals surface area contributed by atoms with Crippen LogP contribution >= 0.6 is 11.3 Å². The number of aryl methyl sites for hydroxylation is 1. The molecule has 0 unspecified atom stereocenters. The quantitative estimate of drug-likeness (QED) is 0.565. The zero-order valence-corrected chi connectivity index (χ0v) is 15.0. The van der Waals surface area contributed by atoms with Gasteiger partial charge in [-0.1, -0.05) is 36.4 Å². The predicted molar refractivity (Wildman–Crippen MR) is 103 cm³/mol. The van der Waals surface area contributed by atoms with E-state index in [2.05, 4.69) is 0 Å². The zero-order chi connectivity index (χ0) is 18.4. The first-order valence-electron chi connectivity index (χ1n) is 8.27. The minimum atomic E-state index is -0.793. The third-order valence-corrected chi connectivity index (χ3v) is 4.83. The SMILES string of the molecule is N=C(c1cccc(COc2ccc(CCC(=O)O)cc2)c1)c1cccs1. The van der Waals surface area contributed by atoms with E-state index in [0.29, 0.717) is 18.7 Å². The molecule has 0 saturated heterocycles. The summed E-state index contributed by atoms with van der Waals surface area (Å²) in [4.78, 5) is 11.6. The highest BCUT2D eigenvalue weighted by molar-refractivity contribution is 7.12. The Morgan fingerprint density at radius 2 is 1.85 bits per heavy atom. The molecule has 0 radical (unpaired) electrons. The molecule has 0 aliphatic heterocycles. The topological polar surface area (TPSA) is 70.4 Å². The number of benzene rings is 2. The molecule has 2 N–H and O–H groups in total. The molecule has 3 aromatic rings. The number of aliphatic carboxylic acids is 1. The Labute approximate surface area is 156 Å². The van der Waals surface area contributed by atoms with Crippen LogP contribution in [0.15, 0.2) is 66.0 Å². The van der Waals surface area contributed by atoms with Crippen LogP contribution in [-0.2, 0) is 17.8 Å². The number of hydrogen-bond acceptors (Lipinski definition) is 4. The normalized spacial score (nSPS) is 10.5. The first kappa shape index (κ1) is 17.9. The van der Waals surface area contributed by atoms with Crippen LogP contribution in [0.4, 0.5) is 0 Å². The molecular weight excluding hydrogens is 346 g/mol. The second kappa shape index (κ2) is 8.45. The monoisotopic (exact) mass is 365 g/mol. The highest BCUT2D eigenvalue weighted by Gasteiger charge is 2.07. The second-order valence-electron chi connectivity index (χ2n) is 5.88. The van der Waals surface area contributed by atoms with Gasteiger partial charge in [0, 0.05) is 12.0 Å². The molecular formula is C21H19NO3S. The summed E-state index contributed by atoms with van der Waals surface area (Å²) in [6.45, 7) is 0.417. The van der Waals surface area contributed by atoms with Crippen molar-refractivity contribution in [2.75, 3.05) is 0 Å². The Morgan fingerprint density at radius 3 is 2.54 bits per heavy atom. The maximum absolute atomic E-state index is 10.6. The van der Waals surface area contributed by atoms with Crippen LogP contribution in [0.2, 0.25) is 0 Å². The van der Waals surface area contributed by atoms with Crippen molar-refractivity contribution in [3.63, 3.8) is 0 Å². The number of nitrogens with one attached hydrogen (secondary N) is 1. The Hall–Kier alpha value is -2.92. The molecule has 0 spiro atoms. The van der Waals surface area contributed by atoms with Crippen LogP contribution in [0, 0.1) is 5.41 Å². The minimum Gasteiger partial charge on any atom is -0.489 e. The highest BCUT2D eigenvalue weighted by Crippen LogP contribution is 2.18. The number of hydrogen-bond donors (Lipinski definition) is 2. The first-order chi connectivity index (χ1) is 12.6. The summed E-state index contributed by atoms with van der Waals surface area (Å²) in [6, 6.07) is 19.2. The smallest absolute Gasteiger partial charge is 0.303 e. The predicted octanol–water partition coefficient (Wildman–Crippen LogP) is 4.76. The van der Waals surface area contributed by atoms with Crippen LogP contribution in [0.1, 0.15) is 28.0 Å². The van der Waals surface area contributed by atoms with Gasteiger partial charge in [0.1, 0.15) is 12.4 Å². The van der Waals surface area contributed by atoms with Crippen molar-refractivity contribution < 1.29 is 14.6 Å². The largest absolute Gasteiger partial charge is 0.489 e. The van der Waals surface area contributed by atoms with E-state index in [9.17, 15) is 4.79 Å². The second-order valence-corrected chi connectivity index (χ2v) is 6.83. The number of rotatable bonds is 8. The molecule has 0 aliphatic rings. The molecule has 1 aromatic heterocycles. The summed E-state index contributed by atoms with van der Waals surface area (Å²) in [6.07, 6.45) is 0.645. The van der Waals surface area contributed by atoms with Gasteiger partial charge < -0.3 is 9.84 Å². The number of carboxylic acids is 1. The van der Waals surface area contributed by atoms with Gasteiger partial charge in [-0.25, -0.2) is 0 Å². The maximum Gasteiger partial charge on any atom is 0.303 e. The fourth-order valence-electron chi connectivity index (χ4n) is 2.55. The molecule has 1 heterocycles. The summed E-state index contributed by atoms with van der Waals surface area (Å²) in [5.74, 6) is -0.0545. The molecule has 26 heavy (non-hydrogen) atoms. The fourth-order valence-corrected chi connectivity index (χ4v) is 3.25. The van der Waals surface area contributed by atoms with Gasteiger partial charge in [0.05, 0.1) is 10.6 Å². The Bertz CT molecular complexity index is 886. The summed E-state index contributed by atoms with van der Waals surface area (Å²) in [5.41, 5.74) is 3.37.